The molecule has 1 aliphatic heterocycles. The van der Waals surface area contributed by atoms with Crippen LogP contribution in [0.1, 0.15) is 26.2 Å². The van der Waals surface area contributed by atoms with Crippen molar-refractivity contribution in [1.82, 2.24) is 15.5 Å². The molecule has 4 nitrogen and oxygen atoms in total. The predicted molar refractivity (Wildman–Crippen MR) is 61.9 cm³/mol. The number of hydrogen-bond acceptors (Lipinski definition) is 2. The van der Waals surface area contributed by atoms with Gasteiger partial charge in [-0.1, -0.05) is 6.92 Å². The lowest BCUT2D eigenvalue weighted by Crippen LogP contribution is -2.41. The maximum absolute atomic E-state index is 11.3. The number of amides is 2. The predicted octanol–water partition coefficient (Wildman–Crippen LogP) is 1.04. The van der Waals surface area contributed by atoms with Crippen LogP contribution in [0.3, 0.4) is 0 Å². The molecule has 15 heavy (non-hydrogen) atoms. The number of carbonyl (C=O) groups is 1. The monoisotopic (exact) mass is 213 g/mol. The van der Waals surface area contributed by atoms with E-state index in [-0.39, 0.29) is 6.03 Å². The van der Waals surface area contributed by atoms with Crippen molar-refractivity contribution in [3.05, 3.63) is 0 Å². The highest BCUT2D eigenvalue weighted by atomic mass is 16.2. The first-order chi connectivity index (χ1) is 7.22. The molecule has 2 N–H and O–H groups in total. The molecule has 0 aromatic rings. The number of nitrogens with one attached hydrogen (secondary N) is 2. The van der Waals surface area contributed by atoms with Gasteiger partial charge in [0, 0.05) is 13.1 Å². The third-order valence-corrected chi connectivity index (χ3v) is 2.92. The molecule has 0 radical (unpaired) electrons. The van der Waals surface area contributed by atoms with Gasteiger partial charge in [-0.25, -0.2) is 4.79 Å². The Labute approximate surface area is 92.4 Å². The Bertz CT molecular complexity index is 188. The van der Waals surface area contributed by atoms with E-state index >= 15 is 0 Å². The van der Waals surface area contributed by atoms with Crippen LogP contribution in [0.2, 0.25) is 0 Å². The van der Waals surface area contributed by atoms with Crippen LogP contribution < -0.4 is 10.6 Å². The summed E-state index contributed by atoms with van der Waals surface area (Å²) in [5.74, 6) is 0.661. The quantitative estimate of drug-likeness (QED) is 0.733. The van der Waals surface area contributed by atoms with Gasteiger partial charge in [0.05, 0.1) is 0 Å². The van der Waals surface area contributed by atoms with Crippen molar-refractivity contribution < 1.29 is 4.79 Å². The molecule has 0 saturated carbocycles. The van der Waals surface area contributed by atoms with Crippen LogP contribution >= 0.6 is 0 Å². The Morgan fingerprint density at radius 3 is 2.60 bits per heavy atom. The maximum Gasteiger partial charge on any atom is 0.314 e. The molecule has 0 aromatic heterocycles. The minimum atomic E-state index is -0.0178. The van der Waals surface area contributed by atoms with Crippen LogP contribution in [0.4, 0.5) is 4.79 Å². The maximum atomic E-state index is 11.3. The van der Waals surface area contributed by atoms with Crippen LogP contribution in [0.5, 0.6) is 0 Å². The third kappa shape index (κ3) is 5.02. The zero-order valence-corrected chi connectivity index (χ0v) is 9.88. The van der Waals surface area contributed by atoms with E-state index in [4.69, 9.17) is 0 Å². The smallest absolute Gasteiger partial charge is 0.314 e. The Balaban J connectivity index is 2.06. The molecular weight excluding hydrogens is 190 g/mol. The Morgan fingerprint density at radius 2 is 2.00 bits per heavy atom. The van der Waals surface area contributed by atoms with Gasteiger partial charge in [0.2, 0.25) is 0 Å². The SMILES string of the molecule is CCCNC(=O)NCC1CCN(C)CC1. The van der Waals surface area contributed by atoms with Gasteiger partial charge in [0.1, 0.15) is 0 Å². The molecule has 1 heterocycles. The first-order valence-electron chi connectivity index (χ1n) is 5.92. The largest absolute Gasteiger partial charge is 0.338 e. The van der Waals surface area contributed by atoms with Crippen molar-refractivity contribution in [2.24, 2.45) is 5.92 Å². The van der Waals surface area contributed by atoms with E-state index in [2.05, 4.69) is 29.5 Å². The summed E-state index contributed by atoms with van der Waals surface area (Å²) >= 11 is 0. The first-order valence-corrected chi connectivity index (χ1v) is 5.92. The van der Waals surface area contributed by atoms with Crippen LogP contribution in [0.25, 0.3) is 0 Å². The molecule has 1 aliphatic rings. The highest BCUT2D eigenvalue weighted by Gasteiger charge is 2.16. The summed E-state index contributed by atoms with van der Waals surface area (Å²) in [7, 11) is 2.15. The van der Waals surface area contributed by atoms with E-state index in [1.165, 1.54) is 12.8 Å². The zero-order valence-electron chi connectivity index (χ0n) is 9.88. The van der Waals surface area contributed by atoms with Gasteiger partial charge >= 0.3 is 6.03 Å². The lowest BCUT2D eigenvalue weighted by Gasteiger charge is -2.28. The van der Waals surface area contributed by atoms with Crippen molar-refractivity contribution in [3.63, 3.8) is 0 Å². The van der Waals surface area contributed by atoms with Crippen molar-refractivity contribution in [1.29, 1.82) is 0 Å². The molecule has 4 heteroatoms. The molecule has 1 fully saturated rings. The minimum Gasteiger partial charge on any atom is -0.338 e. The van der Waals surface area contributed by atoms with E-state index in [9.17, 15) is 4.79 Å². The molecular formula is C11H23N3O. The highest BCUT2D eigenvalue weighted by Crippen LogP contribution is 2.14. The second-order valence-corrected chi connectivity index (χ2v) is 4.38. The van der Waals surface area contributed by atoms with Gasteiger partial charge in [-0.2, -0.15) is 0 Å². The fourth-order valence-electron chi connectivity index (χ4n) is 1.80. The van der Waals surface area contributed by atoms with Gasteiger partial charge in [-0.3, -0.25) is 0 Å². The van der Waals surface area contributed by atoms with E-state index in [0.29, 0.717) is 5.92 Å². The molecule has 2 amide bonds. The third-order valence-electron chi connectivity index (χ3n) is 2.92. The lowest BCUT2D eigenvalue weighted by atomic mass is 9.97. The standard InChI is InChI=1S/C11H23N3O/c1-3-6-12-11(15)13-9-10-4-7-14(2)8-5-10/h10H,3-9H2,1-2H3,(H2,12,13,15). The second kappa shape index (κ2) is 6.67. The summed E-state index contributed by atoms with van der Waals surface area (Å²) in [6.07, 6.45) is 3.39. The first kappa shape index (κ1) is 12.3. The van der Waals surface area contributed by atoms with Crippen molar-refractivity contribution >= 4 is 6.03 Å². The summed E-state index contributed by atoms with van der Waals surface area (Å²) in [6.45, 7) is 5.95. The van der Waals surface area contributed by atoms with Gasteiger partial charge < -0.3 is 15.5 Å². The number of piperidine rings is 1. The molecule has 0 bridgehead atoms. The molecule has 88 valence electrons. The van der Waals surface area contributed by atoms with Crippen molar-refractivity contribution in [2.45, 2.75) is 26.2 Å². The van der Waals surface area contributed by atoms with Gasteiger partial charge in [-0.05, 0) is 45.3 Å². The number of carbonyl (C=O) groups excluding carboxylic acids is 1. The zero-order chi connectivity index (χ0) is 11.1. The fraction of sp³-hybridized carbons (Fsp3) is 0.909. The van der Waals surface area contributed by atoms with Gasteiger partial charge in [0.25, 0.3) is 0 Å². The van der Waals surface area contributed by atoms with E-state index < -0.39 is 0 Å². The molecule has 1 saturated heterocycles. The minimum absolute atomic E-state index is 0.0178. The molecule has 0 atom stereocenters. The average molecular weight is 213 g/mol. The van der Waals surface area contributed by atoms with Crippen LogP contribution in [0, 0.1) is 5.92 Å². The number of rotatable bonds is 4. The Hall–Kier alpha value is -0.770. The normalized spacial score (nSPS) is 18.8. The molecule has 1 rings (SSSR count). The number of likely N-dealkylation sites (tertiary alicyclic amines) is 1. The topological polar surface area (TPSA) is 44.4 Å². The highest BCUT2D eigenvalue weighted by molar-refractivity contribution is 5.73. The summed E-state index contributed by atoms with van der Waals surface area (Å²) in [4.78, 5) is 13.6. The number of urea groups is 1. The van der Waals surface area contributed by atoms with Crippen molar-refractivity contribution in [2.75, 3.05) is 33.2 Å². The van der Waals surface area contributed by atoms with Crippen molar-refractivity contribution in [3.8, 4) is 0 Å². The summed E-state index contributed by atoms with van der Waals surface area (Å²) in [5.41, 5.74) is 0. The molecule has 0 aliphatic carbocycles. The summed E-state index contributed by atoms with van der Waals surface area (Å²) < 4.78 is 0. The van der Waals surface area contributed by atoms with Crippen LogP contribution in [-0.4, -0.2) is 44.2 Å². The summed E-state index contributed by atoms with van der Waals surface area (Å²) in [6, 6.07) is -0.0178. The average Bonchev–Trinajstić information content (AvgIpc) is 2.25. The summed E-state index contributed by atoms with van der Waals surface area (Å²) in [5, 5.41) is 5.75. The number of nitrogens with zero attached hydrogens (tertiary/aromatic N) is 1. The molecule has 0 unspecified atom stereocenters. The van der Waals surface area contributed by atoms with E-state index in [0.717, 1.165) is 32.6 Å². The van der Waals surface area contributed by atoms with Crippen LogP contribution in [-0.2, 0) is 0 Å². The lowest BCUT2D eigenvalue weighted by molar-refractivity contribution is 0.210. The molecule has 0 aromatic carbocycles. The Morgan fingerprint density at radius 1 is 1.33 bits per heavy atom. The fourth-order valence-corrected chi connectivity index (χ4v) is 1.80. The van der Waals surface area contributed by atoms with Gasteiger partial charge in [0.15, 0.2) is 0 Å². The van der Waals surface area contributed by atoms with Gasteiger partial charge in [-0.15, -0.1) is 0 Å². The second-order valence-electron chi connectivity index (χ2n) is 4.38. The van der Waals surface area contributed by atoms with E-state index in [1.807, 2.05) is 0 Å². The Kier molecular flexibility index (Phi) is 5.47. The van der Waals surface area contributed by atoms with Crippen LogP contribution in [0.15, 0.2) is 0 Å². The van der Waals surface area contributed by atoms with E-state index in [1.54, 1.807) is 0 Å². The number of hydrogen-bond donors (Lipinski definition) is 2. The molecule has 0 spiro atoms.